The Morgan fingerprint density at radius 3 is 2.43 bits per heavy atom. The molecule has 2 N–H and O–H groups in total. The molecule has 1 atom stereocenters. The molecule has 0 unspecified atom stereocenters. The summed E-state index contributed by atoms with van der Waals surface area (Å²) in [6, 6.07) is 0. The van der Waals surface area contributed by atoms with Gasteiger partial charge in [0.25, 0.3) is 0 Å². The highest BCUT2D eigenvalue weighted by atomic mass is 32.2. The molecule has 0 bridgehead atoms. The normalized spacial score (nSPS) is 24.3. The number of piperidine rings is 1. The minimum absolute atomic E-state index is 0.0657. The molecule has 30 heavy (non-hydrogen) atoms. The summed E-state index contributed by atoms with van der Waals surface area (Å²) < 4.78 is 37.3. The second-order valence-electron chi connectivity index (χ2n) is 9.45. The lowest BCUT2D eigenvalue weighted by atomic mass is 9.81. The van der Waals surface area contributed by atoms with Crippen LogP contribution in [-0.4, -0.2) is 73.5 Å². The molecule has 3 rings (SSSR count). The summed E-state index contributed by atoms with van der Waals surface area (Å²) >= 11 is 0. The van der Waals surface area contributed by atoms with Crippen LogP contribution < -0.4 is 11.2 Å². The van der Waals surface area contributed by atoms with Gasteiger partial charge in [0.2, 0.25) is 15.0 Å². The van der Waals surface area contributed by atoms with Crippen LogP contribution in [0.15, 0.2) is 17.6 Å². The Kier molecular flexibility index (Phi) is 7.24. The van der Waals surface area contributed by atoms with Crippen molar-refractivity contribution in [3.63, 3.8) is 0 Å². The molecule has 2 saturated heterocycles. The van der Waals surface area contributed by atoms with E-state index in [0.29, 0.717) is 24.3 Å². The van der Waals surface area contributed by atoms with Crippen molar-refractivity contribution in [1.29, 1.82) is 0 Å². The fourth-order valence-electron chi connectivity index (χ4n) is 4.01. The number of likely N-dealkylation sites (tertiary alicyclic amines) is 1. The molecule has 0 amide bonds. The predicted octanol–water partition coefficient (Wildman–Crippen LogP) is 1.00. The number of rotatable bonds is 8. The topological polar surface area (TPSA) is 108 Å². The van der Waals surface area contributed by atoms with Crippen molar-refractivity contribution in [2.45, 2.75) is 69.7 Å². The van der Waals surface area contributed by atoms with Crippen molar-refractivity contribution >= 4 is 22.4 Å². The number of hydrogen-bond acceptors (Lipinski definition) is 8. The lowest BCUT2D eigenvalue weighted by Crippen LogP contribution is -2.41. The molecule has 168 valence electrons. The molecule has 10 heteroatoms. The zero-order chi connectivity index (χ0) is 22.0. The summed E-state index contributed by atoms with van der Waals surface area (Å²) in [6.07, 6.45) is 6.81. The van der Waals surface area contributed by atoms with Gasteiger partial charge in [-0.15, -0.1) is 0 Å². The summed E-state index contributed by atoms with van der Waals surface area (Å²) in [7, 11) is -4.11. The van der Waals surface area contributed by atoms with Crippen LogP contribution in [0.3, 0.4) is 0 Å². The van der Waals surface area contributed by atoms with Gasteiger partial charge in [-0.1, -0.05) is 0 Å². The van der Waals surface area contributed by atoms with Gasteiger partial charge in [0, 0.05) is 37.5 Å². The Balaban J connectivity index is 1.54. The van der Waals surface area contributed by atoms with Gasteiger partial charge in [0.05, 0.1) is 17.0 Å². The van der Waals surface area contributed by atoms with Crippen molar-refractivity contribution < 1.29 is 17.7 Å². The predicted molar refractivity (Wildman–Crippen MR) is 117 cm³/mol. The molecule has 8 nitrogen and oxygen atoms in total. The maximum Gasteiger partial charge on any atom is 0.498 e. The lowest BCUT2D eigenvalue weighted by Gasteiger charge is -2.32. The fraction of sp³-hybridized carbons (Fsp3) is 0.800. The third kappa shape index (κ3) is 5.40. The molecule has 1 aromatic heterocycles. The molecular formula is C20H35BN4O4S. The first-order chi connectivity index (χ1) is 14.0. The summed E-state index contributed by atoms with van der Waals surface area (Å²) in [6.45, 7) is 11.6. The van der Waals surface area contributed by atoms with Crippen LogP contribution in [0.25, 0.3) is 0 Å². The van der Waals surface area contributed by atoms with Crippen LogP contribution in [0.1, 0.15) is 53.4 Å². The zero-order valence-electron chi connectivity index (χ0n) is 18.6. The summed E-state index contributed by atoms with van der Waals surface area (Å²) in [5.74, 6) is 0.600. The van der Waals surface area contributed by atoms with E-state index in [0.717, 1.165) is 38.9 Å². The minimum atomic E-state index is -3.51. The van der Waals surface area contributed by atoms with E-state index in [1.807, 2.05) is 27.7 Å². The van der Waals surface area contributed by atoms with Crippen molar-refractivity contribution in [2.75, 3.05) is 31.9 Å². The Morgan fingerprint density at radius 1 is 1.20 bits per heavy atom. The molecule has 2 aliphatic heterocycles. The Bertz CT molecular complexity index is 799. The third-order valence-electron chi connectivity index (χ3n) is 6.53. The average molecular weight is 438 g/mol. The number of nitrogens with zero attached hydrogens (tertiary/aromatic N) is 3. The van der Waals surface area contributed by atoms with Crippen LogP contribution in [-0.2, 0) is 19.1 Å². The lowest BCUT2D eigenvalue weighted by molar-refractivity contribution is 0.00578. The van der Waals surface area contributed by atoms with E-state index in [-0.39, 0.29) is 10.9 Å². The third-order valence-corrected chi connectivity index (χ3v) is 8.12. The number of hydrogen-bond donors (Lipinski definition) is 1. The van der Waals surface area contributed by atoms with Crippen LogP contribution in [0.4, 0.5) is 0 Å². The van der Waals surface area contributed by atoms with E-state index >= 15 is 0 Å². The largest absolute Gasteiger partial charge is 0.498 e. The molecule has 3 heterocycles. The van der Waals surface area contributed by atoms with E-state index < -0.39 is 28.2 Å². The molecule has 2 aliphatic rings. The Labute approximate surface area is 181 Å². The quantitative estimate of drug-likeness (QED) is 0.473. The molecule has 0 spiro atoms. The number of sulfone groups is 1. The van der Waals surface area contributed by atoms with Gasteiger partial charge >= 0.3 is 7.12 Å². The molecule has 1 aromatic rings. The fourth-order valence-corrected chi connectivity index (χ4v) is 5.17. The second-order valence-corrected chi connectivity index (χ2v) is 11.4. The highest BCUT2D eigenvalue weighted by Crippen LogP contribution is 2.36. The Morgan fingerprint density at radius 2 is 1.83 bits per heavy atom. The van der Waals surface area contributed by atoms with E-state index in [9.17, 15) is 8.42 Å². The van der Waals surface area contributed by atoms with E-state index in [2.05, 4.69) is 14.9 Å². The van der Waals surface area contributed by atoms with Gasteiger partial charge in [-0.2, -0.15) is 0 Å². The van der Waals surface area contributed by atoms with Gasteiger partial charge in [0.1, 0.15) is 0 Å². The monoisotopic (exact) mass is 438 g/mol. The number of aromatic nitrogens is 2. The van der Waals surface area contributed by atoms with Gasteiger partial charge < -0.3 is 19.9 Å². The van der Waals surface area contributed by atoms with Crippen molar-refractivity contribution in [2.24, 2.45) is 11.7 Å². The van der Waals surface area contributed by atoms with E-state index in [1.54, 1.807) is 0 Å². The smallest absolute Gasteiger partial charge is 0.399 e. The standard InChI is InChI=1S/C20H35BN4O4S/c1-19(2)20(3,4)29-21(28-19)17-13-23-18(24-14-17)30(26,27)12-6-8-16-7-5-10-25(15-16)11-9-22/h13-14,16H,5-12,15,22H2,1-4H3/t16-/m0/s1. The van der Waals surface area contributed by atoms with Gasteiger partial charge in [0.15, 0.2) is 0 Å². The first-order valence-corrected chi connectivity index (χ1v) is 12.5. The van der Waals surface area contributed by atoms with Crippen LogP contribution >= 0.6 is 0 Å². The average Bonchev–Trinajstić information content (AvgIpc) is 2.90. The first-order valence-electron chi connectivity index (χ1n) is 10.9. The van der Waals surface area contributed by atoms with E-state index in [1.165, 1.54) is 12.4 Å². The summed E-state index contributed by atoms with van der Waals surface area (Å²) in [5.41, 5.74) is 5.33. The summed E-state index contributed by atoms with van der Waals surface area (Å²) in [4.78, 5) is 10.6. The zero-order valence-corrected chi connectivity index (χ0v) is 19.5. The molecular weight excluding hydrogens is 403 g/mol. The van der Waals surface area contributed by atoms with E-state index in [4.69, 9.17) is 15.0 Å². The molecule has 2 fully saturated rings. The molecule has 0 aliphatic carbocycles. The molecule has 0 saturated carbocycles. The van der Waals surface area contributed by atoms with Gasteiger partial charge in [-0.25, -0.2) is 18.4 Å². The molecule has 0 aromatic carbocycles. The first kappa shape index (κ1) is 23.6. The highest BCUT2D eigenvalue weighted by Gasteiger charge is 2.52. The van der Waals surface area contributed by atoms with Gasteiger partial charge in [-0.3, -0.25) is 0 Å². The second kappa shape index (κ2) is 9.20. The maximum absolute atomic E-state index is 12.7. The maximum atomic E-state index is 12.7. The van der Waals surface area contributed by atoms with Crippen molar-refractivity contribution in [1.82, 2.24) is 14.9 Å². The summed E-state index contributed by atoms with van der Waals surface area (Å²) in [5, 5.41) is -0.129. The number of nitrogens with two attached hydrogens (primary N) is 1. The van der Waals surface area contributed by atoms with Crippen LogP contribution in [0.5, 0.6) is 0 Å². The van der Waals surface area contributed by atoms with Crippen molar-refractivity contribution in [3.8, 4) is 0 Å². The van der Waals surface area contributed by atoms with Crippen LogP contribution in [0, 0.1) is 5.92 Å². The highest BCUT2D eigenvalue weighted by molar-refractivity contribution is 7.91. The van der Waals surface area contributed by atoms with Gasteiger partial charge in [-0.05, 0) is 65.8 Å². The Hall–Kier alpha value is -1.07. The van der Waals surface area contributed by atoms with Crippen LogP contribution in [0.2, 0.25) is 0 Å². The minimum Gasteiger partial charge on any atom is -0.399 e. The molecule has 0 radical (unpaired) electrons. The van der Waals surface area contributed by atoms with Crippen molar-refractivity contribution in [3.05, 3.63) is 12.4 Å². The SMILES string of the molecule is CC1(C)OB(c2cnc(S(=O)(=O)CCC[C@@H]3CCCN(CCN)C3)nc2)OC1(C)C.